The lowest BCUT2D eigenvalue weighted by Gasteiger charge is -2.20. The number of likely N-dealkylation sites (N-methyl/N-ethyl adjacent to an activating group) is 1. The van der Waals surface area contributed by atoms with Crippen molar-refractivity contribution in [1.29, 1.82) is 0 Å². The van der Waals surface area contributed by atoms with Crippen LogP contribution in [-0.2, 0) is 46.7 Å². The van der Waals surface area contributed by atoms with E-state index in [-0.39, 0.29) is 19.6 Å². The van der Waals surface area contributed by atoms with Crippen LogP contribution < -0.4 is 4.74 Å². The van der Waals surface area contributed by atoms with Crippen LogP contribution in [0, 0.1) is 0 Å². The van der Waals surface area contributed by atoms with Crippen molar-refractivity contribution in [1.82, 2.24) is 9.47 Å². The van der Waals surface area contributed by atoms with E-state index in [0.29, 0.717) is 0 Å². The molecule has 0 aliphatic rings. The first-order valence-corrected chi connectivity index (χ1v) is 10.5. The van der Waals surface area contributed by atoms with Gasteiger partial charge in [-0.3, -0.25) is 9.59 Å². The summed E-state index contributed by atoms with van der Waals surface area (Å²) in [6, 6.07) is 6.26. The van der Waals surface area contributed by atoms with E-state index in [1.54, 1.807) is 14.0 Å². The second-order valence-corrected chi connectivity index (χ2v) is 7.50. The highest BCUT2D eigenvalue weighted by Crippen LogP contribution is 2.25. The minimum Gasteiger partial charge on any atom is -0.497 e. The maximum atomic E-state index is 10.9. The molecule has 2 unspecified atom stereocenters. The molecule has 2 rings (SSSR count). The summed E-state index contributed by atoms with van der Waals surface area (Å²) in [6.07, 6.45) is 1.05. The molecule has 0 bridgehead atoms. The normalized spacial score (nSPS) is 12.2. The van der Waals surface area contributed by atoms with Gasteiger partial charge >= 0.3 is 6.16 Å². The van der Waals surface area contributed by atoms with Crippen LogP contribution >= 0.6 is 0 Å². The molecule has 0 spiro atoms. The fourth-order valence-electron chi connectivity index (χ4n) is 2.93. The number of ether oxygens (including phenoxy) is 6. The first-order chi connectivity index (χ1) is 16.3. The first-order valence-electron chi connectivity index (χ1n) is 10.5. The van der Waals surface area contributed by atoms with Gasteiger partial charge in [0.25, 0.3) is 12.9 Å². The van der Waals surface area contributed by atoms with Gasteiger partial charge in [0.2, 0.25) is 6.79 Å². The van der Waals surface area contributed by atoms with Crippen LogP contribution in [0.2, 0.25) is 0 Å². The molecule has 0 radical (unpaired) electrons. The summed E-state index contributed by atoms with van der Waals surface area (Å²) < 4.78 is 30.1. The predicted octanol–water partition coefficient (Wildman–Crippen LogP) is 2.14. The van der Waals surface area contributed by atoms with E-state index >= 15 is 0 Å². The van der Waals surface area contributed by atoms with Crippen molar-refractivity contribution >= 4 is 30.0 Å². The van der Waals surface area contributed by atoms with Gasteiger partial charge in [-0.2, -0.15) is 0 Å². The SMILES string of the molecule is COC(C)C(COC(=O)OCOC=O)OC=O.COc1ccc2c(c1)c(CCN(C)C)cn2C. The number of hydrogen-bond donors (Lipinski definition) is 0. The Morgan fingerprint density at radius 3 is 2.47 bits per heavy atom. The zero-order valence-electron chi connectivity index (χ0n) is 20.5. The van der Waals surface area contributed by atoms with E-state index in [1.165, 1.54) is 23.6 Å². The number of methoxy groups -OCH3 is 2. The summed E-state index contributed by atoms with van der Waals surface area (Å²) >= 11 is 0. The molecule has 11 nitrogen and oxygen atoms in total. The maximum Gasteiger partial charge on any atom is 0.511 e. The third kappa shape index (κ3) is 9.67. The number of fused-ring (bicyclic) bond motifs is 1. The molecular weight excluding hydrogens is 448 g/mol. The largest absolute Gasteiger partial charge is 0.511 e. The lowest BCUT2D eigenvalue weighted by atomic mass is 10.1. The molecule has 190 valence electrons. The summed E-state index contributed by atoms with van der Waals surface area (Å²) in [4.78, 5) is 33.0. The number of nitrogens with zero attached hydrogens (tertiary/aromatic N) is 2. The molecule has 0 amide bonds. The molecule has 0 saturated heterocycles. The van der Waals surface area contributed by atoms with Gasteiger partial charge in [0.1, 0.15) is 12.4 Å². The van der Waals surface area contributed by atoms with Gasteiger partial charge in [0.15, 0.2) is 6.10 Å². The van der Waals surface area contributed by atoms with Gasteiger partial charge in [0.05, 0.1) is 13.2 Å². The van der Waals surface area contributed by atoms with E-state index in [2.05, 4.69) is 67.9 Å². The van der Waals surface area contributed by atoms with Crippen molar-refractivity contribution < 1.29 is 42.8 Å². The fourth-order valence-corrected chi connectivity index (χ4v) is 2.93. The number of aryl methyl sites for hydroxylation is 1. The molecule has 0 aliphatic heterocycles. The smallest absolute Gasteiger partial charge is 0.497 e. The van der Waals surface area contributed by atoms with Gasteiger partial charge in [-0.25, -0.2) is 4.79 Å². The second kappa shape index (κ2) is 15.5. The van der Waals surface area contributed by atoms with Crippen molar-refractivity contribution in [3.05, 3.63) is 30.0 Å². The van der Waals surface area contributed by atoms with Crippen molar-refractivity contribution in [3.63, 3.8) is 0 Å². The maximum absolute atomic E-state index is 10.9. The number of hydrogen-bond acceptors (Lipinski definition) is 10. The predicted molar refractivity (Wildman–Crippen MR) is 124 cm³/mol. The summed E-state index contributed by atoms with van der Waals surface area (Å²) in [6.45, 7) is 2.28. The van der Waals surface area contributed by atoms with Gasteiger partial charge in [0, 0.05) is 37.8 Å². The highest BCUT2D eigenvalue weighted by Gasteiger charge is 2.20. The average molecular weight is 483 g/mol. The zero-order valence-corrected chi connectivity index (χ0v) is 20.5. The molecule has 1 aromatic heterocycles. The first kappa shape index (κ1) is 28.7. The minimum absolute atomic E-state index is 0.124. The fraction of sp³-hybridized carbons (Fsp3) is 0.522. The molecule has 2 atom stereocenters. The molecule has 0 fully saturated rings. The van der Waals surface area contributed by atoms with Gasteiger partial charge in [-0.1, -0.05) is 0 Å². The average Bonchev–Trinajstić information content (AvgIpc) is 3.15. The number of aromatic nitrogens is 1. The Kier molecular flexibility index (Phi) is 13.1. The number of carbonyl (C=O) groups excluding carboxylic acids is 3. The van der Waals surface area contributed by atoms with Crippen molar-refractivity contribution in [2.24, 2.45) is 7.05 Å². The monoisotopic (exact) mass is 482 g/mol. The number of carbonyl (C=O) groups is 3. The molecule has 0 N–H and O–H groups in total. The summed E-state index contributed by atoms with van der Waals surface area (Å²) in [5, 5.41) is 1.30. The Bertz CT molecular complexity index is 898. The number of rotatable bonds is 13. The number of benzene rings is 1. The van der Waals surface area contributed by atoms with Crippen LogP contribution in [0.3, 0.4) is 0 Å². The topological polar surface area (TPSA) is 115 Å². The van der Waals surface area contributed by atoms with E-state index < -0.39 is 25.2 Å². The van der Waals surface area contributed by atoms with E-state index in [0.717, 1.165) is 18.7 Å². The highest BCUT2D eigenvalue weighted by atomic mass is 16.8. The standard InChI is InChI=1S/C14H20N2O.C9H14O8/c1-15(2)8-7-11-10-16(3)14-6-5-12(17-4)9-13(11)14;1-7(13-2)8(16-5-11)3-15-9(12)17-6-14-4-10/h5-6,9-10H,7-8H2,1-4H3;4-5,7-8H,3,6H2,1-2H3. The lowest BCUT2D eigenvalue weighted by molar-refractivity contribution is -0.146. The Morgan fingerprint density at radius 1 is 1.15 bits per heavy atom. The molecule has 0 saturated carbocycles. The Morgan fingerprint density at radius 2 is 1.88 bits per heavy atom. The summed E-state index contributed by atoms with van der Waals surface area (Å²) in [5.74, 6) is 0.926. The third-order valence-electron chi connectivity index (χ3n) is 4.91. The van der Waals surface area contributed by atoms with Crippen LogP contribution in [0.1, 0.15) is 12.5 Å². The van der Waals surface area contributed by atoms with Gasteiger partial charge in [-0.15, -0.1) is 0 Å². The van der Waals surface area contributed by atoms with Crippen molar-refractivity contribution in [2.45, 2.75) is 25.6 Å². The Hall–Kier alpha value is -3.31. The van der Waals surface area contributed by atoms with Crippen LogP contribution in [0.5, 0.6) is 5.75 Å². The lowest BCUT2D eigenvalue weighted by Crippen LogP contribution is -2.33. The van der Waals surface area contributed by atoms with E-state index in [4.69, 9.17) is 9.47 Å². The van der Waals surface area contributed by atoms with Crippen molar-refractivity contribution in [3.8, 4) is 5.75 Å². The molecule has 34 heavy (non-hydrogen) atoms. The molecule has 2 aromatic rings. The molecule has 0 aliphatic carbocycles. The zero-order chi connectivity index (χ0) is 25.5. The molecular formula is C23H34N2O9. The summed E-state index contributed by atoms with van der Waals surface area (Å²) in [7, 11) is 9.43. The Labute approximate surface area is 199 Å². The van der Waals surface area contributed by atoms with Gasteiger partial charge < -0.3 is 37.9 Å². The van der Waals surface area contributed by atoms with Crippen LogP contribution in [0.15, 0.2) is 24.4 Å². The Balaban J connectivity index is 0.000000340. The van der Waals surface area contributed by atoms with Crippen molar-refractivity contribution in [2.75, 3.05) is 48.3 Å². The quantitative estimate of drug-likeness (QED) is 0.138. The molecule has 11 heteroatoms. The highest BCUT2D eigenvalue weighted by molar-refractivity contribution is 5.85. The van der Waals surface area contributed by atoms with Crippen LogP contribution in [-0.4, -0.2) is 89.0 Å². The minimum atomic E-state index is -1.05. The van der Waals surface area contributed by atoms with Crippen LogP contribution in [0.4, 0.5) is 4.79 Å². The van der Waals surface area contributed by atoms with E-state index in [1.807, 2.05) is 6.07 Å². The van der Waals surface area contributed by atoms with Crippen LogP contribution in [0.25, 0.3) is 10.9 Å². The van der Waals surface area contributed by atoms with Gasteiger partial charge in [-0.05, 0) is 51.2 Å². The van der Waals surface area contributed by atoms with E-state index in [9.17, 15) is 14.4 Å². The second-order valence-electron chi connectivity index (χ2n) is 7.50. The third-order valence-corrected chi connectivity index (χ3v) is 4.91. The molecule has 1 aromatic carbocycles. The molecule has 1 heterocycles. The summed E-state index contributed by atoms with van der Waals surface area (Å²) in [5.41, 5.74) is 2.65.